The van der Waals surface area contributed by atoms with Gasteiger partial charge in [-0.25, -0.2) is 22.4 Å². The fourth-order valence-corrected chi connectivity index (χ4v) is 6.48. The number of ether oxygens (including phenoxy) is 1. The summed E-state index contributed by atoms with van der Waals surface area (Å²) in [6, 6.07) is 4.73. The van der Waals surface area contributed by atoms with E-state index in [1.54, 1.807) is 6.92 Å². The van der Waals surface area contributed by atoms with Crippen LogP contribution in [0.2, 0.25) is 0 Å². The molecule has 3 unspecified atom stereocenters. The molecular formula is C32H30F4N4O4. The van der Waals surface area contributed by atoms with Crippen LogP contribution in [0.15, 0.2) is 33.5 Å². The van der Waals surface area contributed by atoms with E-state index in [-0.39, 0.29) is 63.7 Å². The van der Waals surface area contributed by atoms with Crippen molar-refractivity contribution >= 4 is 27.5 Å². The lowest BCUT2D eigenvalue weighted by molar-refractivity contribution is 0.0872. The molecule has 4 aromatic rings. The molecule has 230 valence electrons. The van der Waals surface area contributed by atoms with Crippen LogP contribution >= 0.6 is 0 Å². The van der Waals surface area contributed by atoms with E-state index in [0.717, 1.165) is 13.0 Å². The lowest BCUT2D eigenvalue weighted by Crippen LogP contribution is -2.52. The van der Waals surface area contributed by atoms with Gasteiger partial charge < -0.3 is 19.2 Å². The maximum atomic E-state index is 14.5. The van der Waals surface area contributed by atoms with Gasteiger partial charge in [-0.3, -0.25) is 4.90 Å². The summed E-state index contributed by atoms with van der Waals surface area (Å²) in [6.07, 6.45) is 5.98. The van der Waals surface area contributed by atoms with E-state index >= 15 is 0 Å². The first-order valence-corrected chi connectivity index (χ1v) is 14.4. The highest BCUT2D eigenvalue weighted by Crippen LogP contribution is 2.40. The standard InChI is InChI=1S/C25H18F3N3O4.C7H12FN/c1-4-14-16(26)6-5-12-9-13(32)10-15(18(12)14)21-11(2)20-19(24(33)35-21)23(30-25(29-20)34-3)31-8-7-17(31)22(27)28;8-6-4-7-2-1-3-9(7)5-6/h1,5-6,9-10,17,22,32H,7-8H2,2-3H3;6-7H,1-5H2. The number of phenols is 1. The third kappa shape index (κ3) is 5.09. The van der Waals surface area contributed by atoms with E-state index in [2.05, 4.69) is 20.8 Å². The molecule has 3 fully saturated rings. The minimum absolute atomic E-state index is 0.00813. The van der Waals surface area contributed by atoms with Gasteiger partial charge in [-0.15, -0.1) is 6.42 Å². The number of hydrogen-bond acceptors (Lipinski definition) is 8. The van der Waals surface area contributed by atoms with Gasteiger partial charge in [0.05, 0.1) is 24.2 Å². The summed E-state index contributed by atoms with van der Waals surface area (Å²) in [6.45, 7) is 3.73. The zero-order valence-electron chi connectivity index (χ0n) is 24.1. The van der Waals surface area contributed by atoms with Crippen molar-refractivity contribution in [3.63, 3.8) is 0 Å². The van der Waals surface area contributed by atoms with Crippen LogP contribution in [0, 0.1) is 25.1 Å². The van der Waals surface area contributed by atoms with Crippen molar-refractivity contribution < 1.29 is 31.8 Å². The van der Waals surface area contributed by atoms with Gasteiger partial charge in [0, 0.05) is 35.6 Å². The summed E-state index contributed by atoms with van der Waals surface area (Å²) < 4.78 is 64.9. The molecule has 3 aliphatic heterocycles. The van der Waals surface area contributed by atoms with Crippen LogP contribution in [0.1, 0.15) is 36.8 Å². The van der Waals surface area contributed by atoms with Crippen LogP contribution in [0.4, 0.5) is 23.4 Å². The molecule has 3 saturated heterocycles. The summed E-state index contributed by atoms with van der Waals surface area (Å²) >= 11 is 0. The van der Waals surface area contributed by atoms with E-state index in [1.807, 2.05) is 0 Å². The number of rotatable bonds is 4. The Balaban J connectivity index is 0.000000323. The van der Waals surface area contributed by atoms with Crippen molar-refractivity contribution in [2.24, 2.45) is 0 Å². The Morgan fingerprint density at radius 2 is 1.98 bits per heavy atom. The third-order valence-corrected chi connectivity index (χ3v) is 8.68. The van der Waals surface area contributed by atoms with E-state index < -0.39 is 30.1 Å². The van der Waals surface area contributed by atoms with Gasteiger partial charge in [-0.05, 0) is 62.7 Å². The second kappa shape index (κ2) is 11.6. The summed E-state index contributed by atoms with van der Waals surface area (Å²) in [4.78, 5) is 25.3. The van der Waals surface area contributed by atoms with Crippen LogP contribution in [0.25, 0.3) is 33.0 Å². The van der Waals surface area contributed by atoms with E-state index in [1.165, 1.54) is 49.1 Å². The molecule has 0 radical (unpaired) electrons. The monoisotopic (exact) mass is 610 g/mol. The number of halogens is 4. The van der Waals surface area contributed by atoms with Crippen molar-refractivity contribution in [2.45, 2.75) is 57.3 Å². The number of nitrogens with zero attached hydrogens (tertiary/aromatic N) is 4. The minimum Gasteiger partial charge on any atom is -0.508 e. The van der Waals surface area contributed by atoms with Crippen molar-refractivity contribution in [1.82, 2.24) is 14.9 Å². The molecule has 0 spiro atoms. The predicted octanol–water partition coefficient (Wildman–Crippen LogP) is 5.58. The third-order valence-electron chi connectivity index (χ3n) is 8.68. The predicted molar refractivity (Wildman–Crippen MR) is 158 cm³/mol. The summed E-state index contributed by atoms with van der Waals surface area (Å²) in [5.74, 6) is 1.47. The van der Waals surface area contributed by atoms with E-state index in [4.69, 9.17) is 15.6 Å². The molecule has 3 aliphatic rings. The van der Waals surface area contributed by atoms with Crippen molar-refractivity contribution in [3.05, 3.63) is 51.6 Å². The number of alkyl halides is 3. The van der Waals surface area contributed by atoms with Gasteiger partial charge >= 0.3 is 11.6 Å². The Hall–Kier alpha value is -4.37. The Labute approximate surface area is 250 Å². The molecule has 2 aromatic carbocycles. The van der Waals surface area contributed by atoms with Crippen LogP contribution in [0.3, 0.4) is 0 Å². The number of anilines is 1. The van der Waals surface area contributed by atoms with E-state index in [9.17, 15) is 27.5 Å². The zero-order valence-corrected chi connectivity index (χ0v) is 24.1. The molecule has 0 amide bonds. The summed E-state index contributed by atoms with van der Waals surface area (Å²) in [5.41, 5.74) is -0.324. The molecule has 7 rings (SSSR count). The highest BCUT2D eigenvalue weighted by atomic mass is 19.3. The lowest BCUT2D eigenvalue weighted by atomic mass is 9.95. The maximum Gasteiger partial charge on any atom is 0.349 e. The van der Waals surface area contributed by atoms with Gasteiger partial charge in [0.2, 0.25) is 0 Å². The number of aromatic hydroxyl groups is 1. The molecule has 0 saturated carbocycles. The van der Waals surface area contributed by atoms with Crippen LogP contribution < -0.4 is 15.3 Å². The first kappa shape index (κ1) is 29.7. The fourth-order valence-electron chi connectivity index (χ4n) is 6.48. The highest BCUT2D eigenvalue weighted by molar-refractivity contribution is 6.03. The summed E-state index contributed by atoms with van der Waals surface area (Å²) in [5, 5.41) is 10.9. The Morgan fingerprint density at radius 1 is 1.18 bits per heavy atom. The molecule has 12 heteroatoms. The molecule has 44 heavy (non-hydrogen) atoms. The second-order valence-electron chi connectivity index (χ2n) is 11.3. The Morgan fingerprint density at radius 3 is 2.64 bits per heavy atom. The number of methoxy groups -OCH3 is 1. The van der Waals surface area contributed by atoms with Crippen LogP contribution in [0.5, 0.6) is 11.8 Å². The van der Waals surface area contributed by atoms with Crippen molar-refractivity contribution in [2.75, 3.05) is 31.6 Å². The molecule has 3 atom stereocenters. The van der Waals surface area contributed by atoms with Gasteiger partial charge in [0.15, 0.2) is 5.82 Å². The quantitative estimate of drug-likeness (QED) is 0.237. The maximum absolute atomic E-state index is 14.5. The van der Waals surface area contributed by atoms with Crippen LogP contribution in [-0.2, 0) is 0 Å². The molecule has 0 bridgehead atoms. The van der Waals surface area contributed by atoms with Crippen molar-refractivity contribution in [3.8, 4) is 35.4 Å². The number of aromatic nitrogens is 2. The number of benzene rings is 2. The normalized spacial score (nSPS) is 21.2. The van der Waals surface area contributed by atoms with Gasteiger partial charge in [0.25, 0.3) is 6.43 Å². The number of phenolic OH excluding ortho intramolecular Hbond substituents is 1. The molecule has 2 aromatic heterocycles. The minimum atomic E-state index is -2.64. The number of aryl methyl sites for hydroxylation is 1. The van der Waals surface area contributed by atoms with E-state index in [0.29, 0.717) is 23.5 Å². The van der Waals surface area contributed by atoms with Crippen LogP contribution in [-0.4, -0.2) is 71.4 Å². The number of terminal acetylenes is 1. The molecule has 5 heterocycles. The molecule has 1 N–H and O–H groups in total. The van der Waals surface area contributed by atoms with Crippen molar-refractivity contribution in [1.29, 1.82) is 0 Å². The first-order valence-electron chi connectivity index (χ1n) is 14.4. The number of hydrogen-bond donors (Lipinski definition) is 1. The molecule has 0 aliphatic carbocycles. The molecule has 8 nitrogen and oxygen atoms in total. The summed E-state index contributed by atoms with van der Waals surface area (Å²) in [7, 11) is 1.32. The average Bonchev–Trinajstić information content (AvgIpc) is 3.54. The second-order valence-corrected chi connectivity index (χ2v) is 11.3. The SMILES string of the molecule is C#Cc1c(F)ccc2cc(O)cc(-c3oc(=O)c4c(N5CCC5C(F)F)nc(OC)nc4c3C)c12.FC1CC2CCCN2C1. The topological polar surface area (TPSA) is 91.9 Å². The fraction of sp³-hybridized carbons (Fsp3) is 0.406. The Kier molecular flexibility index (Phi) is 7.84. The van der Waals surface area contributed by atoms with Gasteiger partial charge in [-0.1, -0.05) is 12.0 Å². The Bertz CT molecular complexity index is 1850. The average molecular weight is 611 g/mol. The number of fused-ring (bicyclic) bond motifs is 3. The van der Waals surface area contributed by atoms with Gasteiger partial charge in [0.1, 0.15) is 28.9 Å². The largest absolute Gasteiger partial charge is 0.508 e. The van der Waals surface area contributed by atoms with Gasteiger partial charge in [-0.2, -0.15) is 9.97 Å². The lowest BCUT2D eigenvalue weighted by Gasteiger charge is -2.41. The first-order chi connectivity index (χ1) is 21.1. The highest BCUT2D eigenvalue weighted by Gasteiger charge is 2.39. The molecular weight excluding hydrogens is 580 g/mol. The smallest absolute Gasteiger partial charge is 0.349 e. The zero-order chi connectivity index (χ0) is 31.3.